The Hall–Kier alpha value is -3.39. The van der Waals surface area contributed by atoms with Gasteiger partial charge in [-0.25, -0.2) is 4.79 Å². The van der Waals surface area contributed by atoms with Crippen molar-refractivity contribution in [3.63, 3.8) is 0 Å². The monoisotopic (exact) mass is 338 g/mol. The first-order valence-corrected chi connectivity index (χ1v) is 8.62. The fraction of sp³-hybridized carbons (Fsp3) is 0.0417. The van der Waals surface area contributed by atoms with E-state index in [0.29, 0.717) is 17.8 Å². The molecule has 0 fully saturated rings. The van der Waals surface area contributed by atoms with E-state index in [9.17, 15) is 4.79 Å². The second-order valence-corrected chi connectivity index (χ2v) is 6.26. The molecule has 1 aliphatic heterocycles. The molecule has 4 rings (SSSR count). The van der Waals surface area contributed by atoms with Gasteiger partial charge in [0, 0.05) is 12.0 Å². The molecule has 0 aliphatic carbocycles. The van der Waals surface area contributed by atoms with Crippen molar-refractivity contribution >= 4 is 12.0 Å². The third kappa shape index (κ3) is 3.65. The molecule has 0 saturated carbocycles. The number of esters is 1. The molecule has 3 aromatic carbocycles. The summed E-state index contributed by atoms with van der Waals surface area (Å²) in [5.41, 5.74) is 5.14. The average Bonchev–Trinajstić information content (AvgIpc) is 3.03. The highest BCUT2D eigenvalue weighted by Gasteiger charge is 2.21. The van der Waals surface area contributed by atoms with Gasteiger partial charge in [-0.15, -0.1) is 0 Å². The molecule has 2 nitrogen and oxygen atoms in total. The molecule has 1 aliphatic rings. The minimum atomic E-state index is -0.263. The molecule has 0 aromatic heterocycles. The van der Waals surface area contributed by atoms with E-state index in [2.05, 4.69) is 24.3 Å². The molecule has 0 saturated heterocycles. The molecule has 0 amide bonds. The van der Waals surface area contributed by atoms with Crippen LogP contribution in [0.2, 0.25) is 0 Å². The summed E-state index contributed by atoms with van der Waals surface area (Å²) in [5.74, 6) is 0.328. The van der Waals surface area contributed by atoms with Gasteiger partial charge in [0.2, 0.25) is 0 Å². The molecule has 0 bridgehead atoms. The van der Waals surface area contributed by atoms with Crippen LogP contribution in [0.3, 0.4) is 0 Å². The Balaban J connectivity index is 1.52. The number of rotatable bonds is 4. The summed E-state index contributed by atoms with van der Waals surface area (Å²) in [4.78, 5) is 12.1. The lowest BCUT2D eigenvalue weighted by atomic mass is 10.0. The van der Waals surface area contributed by atoms with Crippen LogP contribution in [0.4, 0.5) is 0 Å². The largest absolute Gasteiger partial charge is 0.423 e. The summed E-state index contributed by atoms with van der Waals surface area (Å²) in [5, 5.41) is 0. The molecule has 0 unspecified atom stereocenters. The standard InChI is InChI=1S/C24H18O2/c25-24-22(15-18-7-3-1-4-8-18)17-23(26-24)16-19-11-13-21(14-12-19)20-9-5-2-6-10-20/h1-14,16-17H,15H2/b23-16-. The second kappa shape index (κ2) is 7.24. The van der Waals surface area contributed by atoms with Crippen molar-refractivity contribution in [2.24, 2.45) is 0 Å². The van der Waals surface area contributed by atoms with Gasteiger partial charge in [0.25, 0.3) is 0 Å². The Morgan fingerprint density at radius 1 is 0.731 bits per heavy atom. The summed E-state index contributed by atoms with van der Waals surface area (Å²) in [6, 6.07) is 28.4. The molecule has 0 spiro atoms. The van der Waals surface area contributed by atoms with E-state index in [-0.39, 0.29) is 5.97 Å². The van der Waals surface area contributed by atoms with Crippen LogP contribution in [0, 0.1) is 0 Å². The van der Waals surface area contributed by atoms with Crippen LogP contribution >= 0.6 is 0 Å². The summed E-state index contributed by atoms with van der Waals surface area (Å²) in [6.07, 6.45) is 4.31. The maximum atomic E-state index is 12.1. The van der Waals surface area contributed by atoms with E-state index in [1.807, 2.05) is 72.8 Å². The Morgan fingerprint density at radius 2 is 1.35 bits per heavy atom. The Kier molecular flexibility index (Phi) is 4.48. The molecule has 0 radical (unpaired) electrons. The lowest BCUT2D eigenvalue weighted by Crippen LogP contribution is -2.01. The van der Waals surface area contributed by atoms with Crippen LogP contribution < -0.4 is 0 Å². The van der Waals surface area contributed by atoms with Gasteiger partial charge in [-0.2, -0.15) is 0 Å². The third-order valence-corrected chi connectivity index (χ3v) is 4.35. The average molecular weight is 338 g/mol. The first kappa shape index (κ1) is 16.1. The fourth-order valence-electron chi connectivity index (χ4n) is 3.01. The maximum absolute atomic E-state index is 12.1. The van der Waals surface area contributed by atoms with Gasteiger partial charge in [0.1, 0.15) is 5.76 Å². The summed E-state index contributed by atoms with van der Waals surface area (Å²) >= 11 is 0. The zero-order valence-corrected chi connectivity index (χ0v) is 14.3. The topological polar surface area (TPSA) is 26.3 Å². The van der Waals surface area contributed by atoms with Crippen LogP contribution in [-0.4, -0.2) is 5.97 Å². The van der Waals surface area contributed by atoms with Crippen LogP contribution in [0.25, 0.3) is 17.2 Å². The van der Waals surface area contributed by atoms with Gasteiger partial charge in [0.15, 0.2) is 0 Å². The normalized spacial score (nSPS) is 15.0. The van der Waals surface area contributed by atoms with E-state index in [0.717, 1.165) is 16.7 Å². The van der Waals surface area contributed by atoms with Gasteiger partial charge in [-0.05, 0) is 34.4 Å². The van der Waals surface area contributed by atoms with Crippen molar-refractivity contribution < 1.29 is 9.53 Å². The van der Waals surface area contributed by atoms with Crippen molar-refractivity contribution in [1.29, 1.82) is 0 Å². The zero-order chi connectivity index (χ0) is 17.8. The van der Waals surface area contributed by atoms with E-state index in [1.54, 1.807) is 0 Å². The minimum Gasteiger partial charge on any atom is -0.423 e. The van der Waals surface area contributed by atoms with Crippen molar-refractivity contribution in [3.05, 3.63) is 113 Å². The third-order valence-electron chi connectivity index (χ3n) is 4.35. The molecule has 26 heavy (non-hydrogen) atoms. The number of allylic oxidation sites excluding steroid dienone is 1. The Labute approximate surface area is 153 Å². The predicted molar refractivity (Wildman–Crippen MR) is 104 cm³/mol. The number of hydrogen-bond acceptors (Lipinski definition) is 2. The molecule has 2 heteroatoms. The Morgan fingerprint density at radius 3 is 2.04 bits per heavy atom. The number of carbonyl (C=O) groups is 1. The second-order valence-electron chi connectivity index (χ2n) is 6.26. The quantitative estimate of drug-likeness (QED) is 0.594. The molecule has 126 valence electrons. The van der Waals surface area contributed by atoms with Gasteiger partial charge in [-0.1, -0.05) is 84.9 Å². The van der Waals surface area contributed by atoms with Crippen molar-refractivity contribution in [2.75, 3.05) is 0 Å². The molecular weight excluding hydrogens is 320 g/mol. The molecule has 0 atom stereocenters. The van der Waals surface area contributed by atoms with Crippen molar-refractivity contribution in [1.82, 2.24) is 0 Å². The van der Waals surface area contributed by atoms with Gasteiger partial charge in [-0.3, -0.25) is 0 Å². The zero-order valence-electron chi connectivity index (χ0n) is 14.3. The lowest BCUT2D eigenvalue weighted by molar-refractivity contribution is -0.133. The Bertz CT molecular complexity index is 966. The smallest absolute Gasteiger partial charge is 0.339 e. The minimum absolute atomic E-state index is 0.263. The van der Waals surface area contributed by atoms with E-state index in [4.69, 9.17) is 4.74 Å². The first-order chi connectivity index (χ1) is 12.8. The van der Waals surface area contributed by atoms with Crippen LogP contribution in [0.5, 0.6) is 0 Å². The highest BCUT2D eigenvalue weighted by molar-refractivity contribution is 5.94. The van der Waals surface area contributed by atoms with E-state index < -0.39 is 0 Å². The fourth-order valence-corrected chi connectivity index (χ4v) is 3.01. The molecule has 1 heterocycles. The lowest BCUT2D eigenvalue weighted by Gasteiger charge is -2.02. The highest BCUT2D eigenvalue weighted by atomic mass is 16.5. The van der Waals surface area contributed by atoms with Crippen LogP contribution in [-0.2, 0) is 16.0 Å². The van der Waals surface area contributed by atoms with Gasteiger partial charge < -0.3 is 4.74 Å². The number of carbonyl (C=O) groups excluding carboxylic acids is 1. The maximum Gasteiger partial charge on any atom is 0.339 e. The summed E-state index contributed by atoms with van der Waals surface area (Å²) in [7, 11) is 0. The molecule has 0 N–H and O–H groups in total. The predicted octanol–water partition coefficient (Wildman–Crippen LogP) is 5.42. The van der Waals surface area contributed by atoms with E-state index >= 15 is 0 Å². The highest BCUT2D eigenvalue weighted by Crippen LogP contribution is 2.24. The van der Waals surface area contributed by atoms with Gasteiger partial charge >= 0.3 is 5.97 Å². The van der Waals surface area contributed by atoms with Crippen molar-refractivity contribution in [3.8, 4) is 11.1 Å². The van der Waals surface area contributed by atoms with E-state index in [1.165, 1.54) is 5.56 Å². The summed E-state index contributed by atoms with van der Waals surface area (Å²) < 4.78 is 5.39. The van der Waals surface area contributed by atoms with Crippen LogP contribution in [0.1, 0.15) is 11.1 Å². The first-order valence-electron chi connectivity index (χ1n) is 8.62. The van der Waals surface area contributed by atoms with Crippen molar-refractivity contribution in [2.45, 2.75) is 6.42 Å². The molecular formula is C24H18O2. The number of benzene rings is 3. The number of ether oxygens (including phenoxy) is 1. The summed E-state index contributed by atoms with van der Waals surface area (Å²) in [6.45, 7) is 0. The van der Waals surface area contributed by atoms with Gasteiger partial charge in [0.05, 0.1) is 0 Å². The number of cyclic esters (lactones) is 1. The molecule has 3 aromatic rings. The SMILES string of the molecule is O=C1O/C(=C\c2ccc(-c3ccccc3)cc2)C=C1Cc1ccccc1. The number of hydrogen-bond donors (Lipinski definition) is 0. The van der Waals surface area contributed by atoms with Crippen LogP contribution in [0.15, 0.2) is 102 Å².